The second-order valence-electron chi connectivity index (χ2n) is 7.54. The lowest BCUT2D eigenvalue weighted by Crippen LogP contribution is -2.37. The molecule has 0 saturated carbocycles. The van der Waals surface area contributed by atoms with E-state index in [-0.39, 0.29) is 11.2 Å². The van der Waals surface area contributed by atoms with Crippen LogP contribution in [0.3, 0.4) is 0 Å². The fourth-order valence-corrected chi connectivity index (χ4v) is 4.00. The third-order valence-corrected chi connectivity index (χ3v) is 5.65. The molecule has 0 aliphatic carbocycles. The van der Waals surface area contributed by atoms with Crippen molar-refractivity contribution in [1.82, 2.24) is 28.6 Å². The van der Waals surface area contributed by atoms with Gasteiger partial charge in [-0.3, -0.25) is 13.9 Å². The molecular weight excluding hydrogens is 370 g/mol. The van der Waals surface area contributed by atoms with Crippen molar-refractivity contribution in [2.75, 3.05) is 37.6 Å². The molecule has 1 aliphatic rings. The van der Waals surface area contributed by atoms with Gasteiger partial charge in [0, 0.05) is 46.5 Å². The summed E-state index contributed by atoms with van der Waals surface area (Å²) in [7, 11) is 3.15. The summed E-state index contributed by atoms with van der Waals surface area (Å²) < 4.78 is 4.44. The zero-order chi connectivity index (χ0) is 20.4. The number of nitrogens with zero attached hydrogens (tertiary/aromatic N) is 7. The largest absolute Gasteiger partial charge is 0.355 e. The summed E-state index contributed by atoms with van der Waals surface area (Å²) in [6, 6.07) is 6.03. The van der Waals surface area contributed by atoms with Gasteiger partial charge >= 0.3 is 5.69 Å². The van der Waals surface area contributed by atoms with Crippen molar-refractivity contribution in [1.29, 1.82) is 0 Å². The monoisotopic (exact) mass is 397 g/mol. The van der Waals surface area contributed by atoms with Crippen LogP contribution in [0.25, 0.3) is 11.2 Å². The number of aryl methyl sites for hydroxylation is 2. The van der Waals surface area contributed by atoms with Crippen molar-refractivity contribution in [2.24, 2.45) is 14.1 Å². The Labute approximate surface area is 168 Å². The number of pyridine rings is 1. The molecule has 0 radical (unpaired) electrons. The molecule has 0 bridgehead atoms. The van der Waals surface area contributed by atoms with Gasteiger partial charge in [-0.25, -0.2) is 14.8 Å². The summed E-state index contributed by atoms with van der Waals surface area (Å²) in [4.78, 5) is 38.2. The molecule has 9 nitrogen and oxygen atoms in total. The van der Waals surface area contributed by atoms with E-state index in [0.29, 0.717) is 17.7 Å². The summed E-state index contributed by atoms with van der Waals surface area (Å²) in [5.41, 5.74) is 0.293. The Morgan fingerprint density at radius 2 is 1.83 bits per heavy atom. The van der Waals surface area contributed by atoms with Crippen molar-refractivity contribution in [2.45, 2.75) is 19.4 Å². The van der Waals surface area contributed by atoms with Crippen LogP contribution in [0.1, 0.15) is 12.8 Å². The van der Waals surface area contributed by atoms with Gasteiger partial charge in [-0.1, -0.05) is 6.07 Å². The molecule has 1 saturated heterocycles. The summed E-state index contributed by atoms with van der Waals surface area (Å²) >= 11 is 0. The van der Waals surface area contributed by atoms with E-state index >= 15 is 0 Å². The Hall–Kier alpha value is -2.94. The van der Waals surface area contributed by atoms with E-state index in [1.54, 1.807) is 13.4 Å². The van der Waals surface area contributed by atoms with Crippen molar-refractivity contribution in [3.63, 3.8) is 0 Å². The highest BCUT2D eigenvalue weighted by molar-refractivity contribution is 5.69. The number of aromatic nitrogens is 5. The first-order valence-electron chi connectivity index (χ1n) is 10.1. The maximum absolute atomic E-state index is 12.5. The zero-order valence-electron chi connectivity index (χ0n) is 17.0. The van der Waals surface area contributed by atoms with Crippen LogP contribution in [0.5, 0.6) is 0 Å². The summed E-state index contributed by atoms with van der Waals surface area (Å²) in [5, 5.41) is 0. The summed E-state index contributed by atoms with van der Waals surface area (Å²) in [6.45, 7) is 5.70. The number of hydrogen-bond donors (Lipinski definition) is 0. The van der Waals surface area contributed by atoms with E-state index < -0.39 is 0 Å². The van der Waals surface area contributed by atoms with Gasteiger partial charge in [0.1, 0.15) is 5.82 Å². The van der Waals surface area contributed by atoms with Gasteiger partial charge in [0.05, 0.1) is 6.33 Å². The quantitative estimate of drug-likeness (QED) is 0.621. The normalized spacial score (nSPS) is 15.7. The molecule has 4 heterocycles. The zero-order valence-corrected chi connectivity index (χ0v) is 17.0. The highest BCUT2D eigenvalue weighted by Gasteiger charge is 2.17. The van der Waals surface area contributed by atoms with Crippen LogP contribution in [0, 0.1) is 0 Å². The Morgan fingerprint density at radius 1 is 0.966 bits per heavy atom. The van der Waals surface area contributed by atoms with Gasteiger partial charge in [-0.15, -0.1) is 0 Å². The Kier molecular flexibility index (Phi) is 5.48. The smallest absolute Gasteiger partial charge is 0.332 e. The Balaban J connectivity index is 1.39. The Morgan fingerprint density at radius 3 is 2.62 bits per heavy atom. The molecule has 0 aromatic carbocycles. The molecule has 4 rings (SSSR count). The Bertz CT molecular complexity index is 1100. The summed E-state index contributed by atoms with van der Waals surface area (Å²) in [5.74, 6) is 1.04. The number of anilines is 1. The molecule has 154 valence electrons. The molecule has 3 aromatic heterocycles. The van der Waals surface area contributed by atoms with E-state index in [2.05, 4.69) is 25.8 Å². The second-order valence-corrected chi connectivity index (χ2v) is 7.54. The lowest BCUT2D eigenvalue weighted by Gasteiger charge is -2.22. The first kappa shape index (κ1) is 19.4. The highest BCUT2D eigenvalue weighted by Crippen LogP contribution is 2.13. The molecule has 3 aromatic rings. The van der Waals surface area contributed by atoms with Crippen LogP contribution in [-0.2, 0) is 20.6 Å². The molecule has 0 atom stereocenters. The summed E-state index contributed by atoms with van der Waals surface area (Å²) in [6.07, 6.45) is 5.53. The van der Waals surface area contributed by atoms with Gasteiger partial charge in [-0.05, 0) is 38.1 Å². The maximum Gasteiger partial charge on any atom is 0.332 e. The highest BCUT2D eigenvalue weighted by atomic mass is 16.2. The van der Waals surface area contributed by atoms with Crippen LogP contribution >= 0.6 is 0 Å². The van der Waals surface area contributed by atoms with Crippen molar-refractivity contribution >= 4 is 17.0 Å². The molecule has 0 amide bonds. The van der Waals surface area contributed by atoms with Crippen molar-refractivity contribution in [3.8, 4) is 0 Å². The predicted octanol–water partition coefficient (Wildman–Crippen LogP) is 0.431. The van der Waals surface area contributed by atoms with E-state index in [0.717, 1.165) is 56.0 Å². The topological polar surface area (TPSA) is 81.2 Å². The first-order chi connectivity index (χ1) is 14.1. The maximum atomic E-state index is 12.5. The minimum atomic E-state index is -0.352. The second kappa shape index (κ2) is 8.20. The minimum Gasteiger partial charge on any atom is -0.355 e. The number of hydrogen-bond acceptors (Lipinski definition) is 6. The number of imidazole rings is 1. The molecule has 29 heavy (non-hydrogen) atoms. The van der Waals surface area contributed by atoms with Gasteiger partial charge in [0.2, 0.25) is 0 Å². The molecule has 0 unspecified atom stereocenters. The van der Waals surface area contributed by atoms with E-state index in [1.165, 1.54) is 11.6 Å². The molecular formula is C20H27N7O2. The van der Waals surface area contributed by atoms with Crippen LogP contribution in [0.15, 0.2) is 40.3 Å². The number of fused-ring (bicyclic) bond motifs is 1. The van der Waals surface area contributed by atoms with Gasteiger partial charge < -0.3 is 14.4 Å². The lowest BCUT2D eigenvalue weighted by molar-refractivity contribution is 0.284. The van der Waals surface area contributed by atoms with Crippen LogP contribution in [0.4, 0.5) is 5.82 Å². The molecule has 1 aliphatic heterocycles. The molecule has 0 N–H and O–H groups in total. The number of rotatable bonds is 5. The SMILES string of the molecule is Cn1c(=O)c2c(ncn2CCCN2CCCN(c3ccccn3)CC2)n(C)c1=O. The molecule has 0 spiro atoms. The third-order valence-electron chi connectivity index (χ3n) is 5.65. The lowest BCUT2D eigenvalue weighted by atomic mass is 10.3. The molecule has 1 fully saturated rings. The van der Waals surface area contributed by atoms with Gasteiger partial charge in [0.25, 0.3) is 5.56 Å². The fraction of sp³-hybridized carbons (Fsp3) is 0.500. The van der Waals surface area contributed by atoms with Crippen molar-refractivity contribution in [3.05, 3.63) is 51.6 Å². The van der Waals surface area contributed by atoms with Gasteiger partial charge in [-0.2, -0.15) is 0 Å². The average Bonchev–Trinajstić information content (AvgIpc) is 3.02. The van der Waals surface area contributed by atoms with Crippen LogP contribution in [-0.4, -0.2) is 61.3 Å². The van der Waals surface area contributed by atoms with Gasteiger partial charge in [0.15, 0.2) is 11.2 Å². The van der Waals surface area contributed by atoms with Crippen LogP contribution in [0.2, 0.25) is 0 Å². The standard InChI is InChI=1S/C20H27N7O2/c1-23-18-17(19(28)24(2)20(23)29)27(15-22-18)12-6-10-25-9-5-11-26(14-13-25)16-7-3-4-8-21-16/h3-4,7-8,15H,5-6,9-14H2,1-2H3. The third kappa shape index (κ3) is 3.82. The minimum absolute atomic E-state index is 0.290. The first-order valence-corrected chi connectivity index (χ1v) is 10.1. The van der Waals surface area contributed by atoms with E-state index in [1.807, 2.05) is 22.9 Å². The van der Waals surface area contributed by atoms with E-state index in [4.69, 9.17) is 0 Å². The fourth-order valence-electron chi connectivity index (χ4n) is 4.00. The molecule has 9 heteroatoms. The van der Waals surface area contributed by atoms with Crippen molar-refractivity contribution < 1.29 is 0 Å². The average molecular weight is 397 g/mol. The van der Waals surface area contributed by atoms with E-state index in [9.17, 15) is 9.59 Å². The predicted molar refractivity (Wildman–Crippen MR) is 112 cm³/mol. The van der Waals surface area contributed by atoms with Crippen LogP contribution < -0.4 is 16.1 Å².